The summed E-state index contributed by atoms with van der Waals surface area (Å²) in [5.41, 5.74) is 2.60. The largest absolute Gasteiger partial charge is 0.507 e. The normalized spacial score (nSPS) is 16.2. The third kappa shape index (κ3) is 2.90. The number of benzene rings is 2. The van der Waals surface area contributed by atoms with Gasteiger partial charge < -0.3 is 19.3 Å². The van der Waals surface area contributed by atoms with Crippen LogP contribution in [-0.2, 0) is 6.42 Å². The zero-order chi connectivity index (χ0) is 18.1. The molecule has 1 atom stereocenters. The number of aromatic hydroxyl groups is 1. The van der Waals surface area contributed by atoms with E-state index in [0.29, 0.717) is 34.6 Å². The highest BCUT2D eigenvalue weighted by Crippen LogP contribution is 2.45. The van der Waals surface area contributed by atoms with Crippen molar-refractivity contribution >= 4 is 5.78 Å². The predicted molar refractivity (Wildman–Crippen MR) is 94.1 cm³/mol. The summed E-state index contributed by atoms with van der Waals surface area (Å²) in [5.74, 6) is 1.40. The smallest absolute Gasteiger partial charge is 0.177 e. The van der Waals surface area contributed by atoms with Crippen LogP contribution in [0, 0.1) is 19.8 Å². The summed E-state index contributed by atoms with van der Waals surface area (Å²) in [6, 6.07) is 7.66. The number of carbonyl (C=O) groups is 1. The Morgan fingerprint density at radius 1 is 1.12 bits per heavy atom. The minimum absolute atomic E-state index is 0.0138. The van der Waals surface area contributed by atoms with Crippen LogP contribution < -0.4 is 14.2 Å². The molecule has 0 aliphatic carbocycles. The summed E-state index contributed by atoms with van der Waals surface area (Å²) < 4.78 is 16.4. The Labute approximate surface area is 147 Å². The van der Waals surface area contributed by atoms with Crippen LogP contribution in [0.5, 0.6) is 23.0 Å². The van der Waals surface area contributed by atoms with E-state index < -0.39 is 0 Å². The monoisotopic (exact) mass is 342 g/mol. The fraction of sp³-hybridized carbons (Fsp3) is 0.350. The molecule has 1 unspecified atom stereocenters. The molecule has 0 saturated heterocycles. The Kier molecular flexibility index (Phi) is 4.57. The molecule has 5 nitrogen and oxygen atoms in total. The highest BCUT2D eigenvalue weighted by atomic mass is 16.5. The second-order valence-electron chi connectivity index (χ2n) is 6.26. The van der Waals surface area contributed by atoms with Gasteiger partial charge >= 0.3 is 0 Å². The molecule has 0 amide bonds. The van der Waals surface area contributed by atoms with Crippen LogP contribution in [0.4, 0.5) is 0 Å². The van der Waals surface area contributed by atoms with Gasteiger partial charge in [-0.3, -0.25) is 4.79 Å². The van der Waals surface area contributed by atoms with Crippen molar-refractivity contribution in [2.75, 3.05) is 20.8 Å². The highest BCUT2D eigenvalue weighted by Gasteiger charge is 2.35. The van der Waals surface area contributed by atoms with Crippen LogP contribution in [0.25, 0.3) is 0 Å². The Morgan fingerprint density at radius 3 is 2.40 bits per heavy atom. The third-order valence-corrected chi connectivity index (χ3v) is 4.74. The number of hydrogen-bond acceptors (Lipinski definition) is 5. The van der Waals surface area contributed by atoms with Gasteiger partial charge in [0.05, 0.1) is 26.7 Å². The van der Waals surface area contributed by atoms with E-state index in [1.807, 2.05) is 24.3 Å². The van der Waals surface area contributed by atoms with Crippen molar-refractivity contribution < 1.29 is 24.1 Å². The molecule has 132 valence electrons. The molecule has 2 aromatic rings. The number of hydrogen-bond donors (Lipinski definition) is 1. The van der Waals surface area contributed by atoms with Gasteiger partial charge in [-0.15, -0.1) is 0 Å². The Morgan fingerprint density at radius 2 is 1.80 bits per heavy atom. The molecule has 0 bridgehead atoms. The van der Waals surface area contributed by atoms with Gasteiger partial charge in [0.15, 0.2) is 5.78 Å². The molecule has 0 spiro atoms. The summed E-state index contributed by atoms with van der Waals surface area (Å²) >= 11 is 0. The number of methoxy groups -OCH3 is 2. The van der Waals surface area contributed by atoms with Crippen molar-refractivity contribution in [3.05, 3.63) is 46.5 Å². The number of carbonyl (C=O) groups excluding carboxylic acids is 1. The van der Waals surface area contributed by atoms with Crippen molar-refractivity contribution in [2.45, 2.75) is 20.3 Å². The lowest BCUT2D eigenvalue weighted by molar-refractivity contribution is 0.0824. The van der Waals surface area contributed by atoms with E-state index in [4.69, 9.17) is 14.2 Å². The topological polar surface area (TPSA) is 65.0 Å². The molecule has 1 heterocycles. The molecule has 0 fully saturated rings. The maximum Gasteiger partial charge on any atom is 0.177 e. The lowest BCUT2D eigenvalue weighted by Crippen LogP contribution is -2.30. The number of phenolic OH excluding ortho intramolecular Hbond substituents is 1. The standard InChI is InChI=1S/C20H22O5/c1-11-17(21)12(2)20-16(19(11)24-4)18(22)14(10-25-20)9-13-5-7-15(23-3)8-6-13/h5-8,14,21H,9-10H2,1-4H3. The van der Waals surface area contributed by atoms with E-state index in [2.05, 4.69) is 0 Å². The molecule has 2 aromatic carbocycles. The number of rotatable bonds is 4. The molecular weight excluding hydrogens is 320 g/mol. The lowest BCUT2D eigenvalue weighted by atomic mass is 9.87. The van der Waals surface area contributed by atoms with E-state index in [9.17, 15) is 9.90 Å². The first kappa shape index (κ1) is 17.1. The molecule has 3 rings (SSSR count). The molecule has 25 heavy (non-hydrogen) atoms. The molecule has 1 N–H and O–H groups in total. The average molecular weight is 342 g/mol. The lowest BCUT2D eigenvalue weighted by Gasteiger charge is -2.28. The van der Waals surface area contributed by atoms with Crippen molar-refractivity contribution in [1.29, 1.82) is 0 Å². The summed E-state index contributed by atoms with van der Waals surface area (Å²) in [7, 11) is 3.12. The van der Waals surface area contributed by atoms with Gasteiger partial charge in [-0.2, -0.15) is 0 Å². The van der Waals surface area contributed by atoms with Crippen LogP contribution in [0.3, 0.4) is 0 Å². The van der Waals surface area contributed by atoms with Gasteiger partial charge in [-0.1, -0.05) is 12.1 Å². The fourth-order valence-electron chi connectivity index (χ4n) is 3.30. The van der Waals surface area contributed by atoms with Gasteiger partial charge in [0.2, 0.25) is 0 Å². The second kappa shape index (κ2) is 6.67. The maximum atomic E-state index is 13.1. The summed E-state index contributed by atoms with van der Waals surface area (Å²) in [6.45, 7) is 3.77. The Balaban J connectivity index is 1.95. The first-order valence-corrected chi connectivity index (χ1v) is 8.18. The number of ether oxygens (including phenoxy) is 3. The van der Waals surface area contributed by atoms with Crippen LogP contribution in [-0.4, -0.2) is 31.7 Å². The Hall–Kier alpha value is -2.69. The first-order chi connectivity index (χ1) is 12.0. The first-order valence-electron chi connectivity index (χ1n) is 8.18. The summed E-state index contributed by atoms with van der Waals surface area (Å²) in [4.78, 5) is 13.1. The SMILES string of the molecule is COc1ccc(CC2COc3c(C)c(O)c(C)c(OC)c3C2=O)cc1. The second-order valence-corrected chi connectivity index (χ2v) is 6.26. The van der Waals surface area contributed by atoms with E-state index in [0.717, 1.165) is 11.3 Å². The Bertz CT molecular complexity index is 785. The number of Topliss-reactive ketones (excluding diaryl/α,β-unsaturated/α-hetero) is 1. The van der Waals surface area contributed by atoms with Crippen LogP contribution in [0.2, 0.25) is 0 Å². The molecule has 0 radical (unpaired) electrons. The predicted octanol–water partition coefficient (Wildman–Crippen LogP) is 3.46. The highest BCUT2D eigenvalue weighted by molar-refractivity contribution is 6.05. The van der Waals surface area contributed by atoms with Gasteiger partial charge in [-0.25, -0.2) is 0 Å². The average Bonchev–Trinajstić information content (AvgIpc) is 2.63. The zero-order valence-electron chi connectivity index (χ0n) is 14.9. The van der Waals surface area contributed by atoms with Gasteiger partial charge in [0.1, 0.15) is 28.6 Å². The molecule has 1 aliphatic heterocycles. The fourth-order valence-corrected chi connectivity index (χ4v) is 3.30. The van der Waals surface area contributed by atoms with E-state index >= 15 is 0 Å². The van der Waals surface area contributed by atoms with Crippen LogP contribution >= 0.6 is 0 Å². The van der Waals surface area contributed by atoms with Crippen molar-refractivity contribution in [2.24, 2.45) is 5.92 Å². The van der Waals surface area contributed by atoms with E-state index in [1.54, 1.807) is 21.0 Å². The summed E-state index contributed by atoms with van der Waals surface area (Å²) in [6.07, 6.45) is 0.574. The number of phenols is 1. The van der Waals surface area contributed by atoms with E-state index in [1.165, 1.54) is 7.11 Å². The van der Waals surface area contributed by atoms with Crippen molar-refractivity contribution in [3.8, 4) is 23.0 Å². The molecular formula is C20H22O5. The number of ketones is 1. The van der Waals surface area contributed by atoms with Crippen molar-refractivity contribution in [3.63, 3.8) is 0 Å². The van der Waals surface area contributed by atoms with Crippen LogP contribution in [0.1, 0.15) is 27.0 Å². The molecule has 1 aliphatic rings. The minimum atomic E-state index is -0.293. The third-order valence-electron chi connectivity index (χ3n) is 4.74. The number of fused-ring (bicyclic) bond motifs is 1. The van der Waals surface area contributed by atoms with Crippen molar-refractivity contribution in [1.82, 2.24) is 0 Å². The molecule has 0 aromatic heterocycles. The van der Waals surface area contributed by atoms with E-state index in [-0.39, 0.29) is 24.1 Å². The van der Waals surface area contributed by atoms with Gasteiger partial charge in [0.25, 0.3) is 0 Å². The maximum absolute atomic E-state index is 13.1. The molecule has 0 saturated carbocycles. The minimum Gasteiger partial charge on any atom is -0.507 e. The van der Waals surface area contributed by atoms with Gasteiger partial charge in [0, 0.05) is 11.1 Å². The quantitative estimate of drug-likeness (QED) is 0.922. The zero-order valence-corrected chi connectivity index (χ0v) is 14.9. The van der Waals surface area contributed by atoms with Crippen LogP contribution in [0.15, 0.2) is 24.3 Å². The van der Waals surface area contributed by atoms with Gasteiger partial charge in [-0.05, 0) is 38.0 Å². The molecule has 5 heteroatoms. The summed E-state index contributed by atoms with van der Waals surface area (Å²) in [5, 5.41) is 10.2.